The zero-order valence-corrected chi connectivity index (χ0v) is 12.1. The van der Waals surface area contributed by atoms with Crippen molar-refractivity contribution in [1.82, 2.24) is 9.55 Å². The van der Waals surface area contributed by atoms with Gasteiger partial charge in [0.05, 0.1) is 11.3 Å². The van der Waals surface area contributed by atoms with E-state index in [0.717, 1.165) is 0 Å². The summed E-state index contributed by atoms with van der Waals surface area (Å²) in [5, 5.41) is 19.8. The predicted molar refractivity (Wildman–Crippen MR) is 78.2 cm³/mol. The maximum Gasteiger partial charge on any atom is 0.381 e. The van der Waals surface area contributed by atoms with Gasteiger partial charge in [-0.3, -0.25) is 9.36 Å². The maximum absolute atomic E-state index is 12.3. The quantitative estimate of drug-likeness (QED) is 0.630. The smallest absolute Gasteiger partial charge is 0.358 e. The van der Waals surface area contributed by atoms with Gasteiger partial charge in [0, 0.05) is 14.0 Å². The van der Waals surface area contributed by atoms with Gasteiger partial charge < -0.3 is 15.0 Å². The summed E-state index contributed by atoms with van der Waals surface area (Å²) in [6, 6.07) is 8.75. The number of para-hydroxylation sites is 1. The van der Waals surface area contributed by atoms with Crippen LogP contribution in [0.3, 0.4) is 0 Å². The van der Waals surface area contributed by atoms with Crippen molar-refractivity contribution in [2.24, 2.45) is 0 Å². The number of benzene rings is 1. The molecule has 1 heterocycles. The van der Waals surface area contributed by atoms with Gasteiger partial charge in [0.25, 0.3) is 0 Å². The Morgan fingerprint density at radius 3 is 2.77 bits per heavy atom. The van der Waals surface area contributed by atoms with E-state index in [-0.39, 0.29) is 18.3 Å². The zero-order valence-electron chi connectivity index (χ0n) is 12.1. The average Bonchev–Trinajstić information content (AvgIpc) is 2.87. The van der Waals surface area contributed by atoms with E-state index in [4.69, 9.17) is 5.26 Å². The van der Waals surface area contributed by atoms with Crippen LogP contribution in [0.25, 0.3) is 0 Å². The van der Waals surface area contributed by atoms with E-state index < -0.39 is 4.92 Å². The molecule has 0 aliphatic heterocycles. The average molecular weight is 299 g/mol. The normalized spacial score (nSPS) is 10.0. The van der Waals surface area contributed by atoms with Gasteiger partial charge in [0.15, 0.2) is 0 Å². The lowest BCUT2D eigenvalue weighted by Crippen LogP contribution is -2.30. The first-order valence-electron chi connectivity index (χ1n) is 6.38. The Morgan fingerprint density at radius 1 is 1.50 bits per heavy atom. The highest BCUT2D eigenvalue weighted by Crippen LogP contribution is 2.19. The van der Waals surface area contributed by atoms with E-state index in [0.29, 0.717) is 17.1 Å². The first-order chi connectivity index (χ1) is 10.4. The molecule has 0 unspecified atom stereocenters. The van der Waals surface area contributed by atoms with E-state index in [2.05, 4.69) is 4.98 Å². The number of carbonyl (C=O) groups excluding carboxylic acids is 1. The number of hydrogen-bond acceptors (Lipinski definition) is 5. The number of likely N-dealkylation sites (N-methyl/N-ethyl adjacent to an activating group) is 1. The van der Waals surface area contributed by atoms with Gasteiger partial charge in [0.2, 0.25) is 11.7 Å². The van der Waals surface area contributed by atoms with E-state index in [9.17, 15) is 14.9 Å². The Kier molecular flexibility index (Phi) is 4.18. The van der Waals surface area contributed by atoms with Crippen LogP contribution in [0.4, 0.5) is 11.5 Å². The molecule has 8 heteroatoms. The van der Waals surface area contributed by atoms with Crippen LogP contribution in [0.15, 0.2) is 30.5 Å². The third kappa shape index (κ3) is 2.93. The second kappa shape index (κ2) is 6.05. The monoisotopic (exact) mass is 299 g/mol. The van der Waals surface area contributed by atoms with Crippen LogP contribution in [-0.2, 0) is 11.3 Å². The van der Waals surface area contributed by atoms with Gasteiger partial charge in [-0.1, -0.05) is 12.1 Å². The molecule has 1 amide bonds. The molecule has 112 valence electrons. The Labute approximate surface area is 126 Å². The van der Waals surface area contributed by atoms with Crippen molar-refractivity contribution in [3.8, 4) is 6.07 Å². The number of nitro groups is 1. The predicted octanol–water partition coefficient (Wildman–Crippen LogP) is 1.63. The van der Waals surface area contributed by atoms with Crippen molar-refractivity contribution in [3.63, 3.8) is 0 Å². The van der Waals surface area contributed by atoms with Gasteiger partial charge >= 0.3 is 5.82 Å². The van der Waals surface area contributed by atoms with Crippen LogP contribution in [0.1, 0.15) is 11.4 Å². The fraction of sp³-hybridized carbons (Fsp3) is 0.214. The zero-order chi connectivity index (χ0) is 16.3. The Balaban J connectivity index is 2.22. The Hall–Kier alpha value is -3.21. The summed E-state index contributed by atoms with van der Waals surface area (Å²) in [7, 11) is 1.55. The highest BCUT2D eigenvalue weighted by Gasteiger charge is 2.20. The van der Waals surface area contributed by atoms with Crippen molar-refractivity contribution < 1.29 is 9.72 Å². The molecular weight excluding hydrogens is 286 g/mol. The van der Waals surface area contributed by atoms with Gasteiger partial charge in [-0.2, -0.15) is 5.26 Å². The summed E-state index contributed by atoms with van der Waals surface area (Å²) in [5.74, 6) is -0.231. The minimum Gasteiger partial charge on any atom is -0.358 e. The van der Waals surface area contributed by atoms with Crippen LogP contribution in [0.5, 0.6) is 0 Å². The van der Waals surface area contributed by atoms with Crippen LogP contribution < -0.4 is 4.90 Å². The number of rotatable bonds is 4. The number of nitriles is 1. The molecule has 2 aromatic rings. The van der Waals surface area contributed by atoms with Gasteiger partial charge in [0.1, 0.15) is 18.8 Å². The van der Waals surface area contributed by atoms with Crippen molar-refractivity contribution in [2.75, 3.05) is 11.9 Å². The molecule has 0 saturated heterocycles. The van der Waals surface area contributed by atoms with Gasteiger partial charge in [-0.05, 0) is 22.0 Å². The van der Waals surface area contributed by atoms with Crippen molar-refractivity contribution in [2.45, 2.75) is 13.5 Å². The third-order valence-electron chi connectivity index (χ3n) is 3.22. The third-order valence-corrected chi connectivity index (χ3v) is 3.22. The SMILES string of the molecule is Cc1nc([N+](=O)[O-])cn1CC(=O)N(C)c1ccccc1C#N. The second-order valence-corrected chi connectivity index (χ2v) is 4.61. The number of imidazole rings is 1. The lowest BCUT2D eigenvalue weighted by Gasteiger charge is -2.18. The van der Waals surface area contributed by atoms with E-state index in [1.165, 1.54) is 15.7 Å². The molecule has 1 aromatic heterocycles. The summed E-state index contributed by atoms with van der Waals surface area (Å²) in [4.78, 5) is 27.5. The number of carbonyl (C=O) groups is 1. The fourth-order valence-electron chi connectivity index (χ4n) is 1.99. The molecule has 0 atom stereocenters. The van der Waals surface area contributed by atoms with Crippen molar-refractivity contribution in [3.05, 3.63) is 52.0 Å². The minimum absolute atomic E-state index is 0.0943. The van der Waals surface area contributed by atoms with Crippen molar-refractivity contribution >= 4 is 17.4 Å². The molecule has 2 rings (SSSR count). The Morgan fingerprint density at radius 2 is 2.18 bits per heavy atom. The van der Waals surface area contributed by atoms with E-state index in [1.807, 2.05) is 6.07 Å². The molecule has 22 heavy (non-hydrogen) atoms. The van der Waals surface area contributed by atoms with Crippen LogP contribution >= 0.6 is 0 Å². The first-order valence-corrected chi connectivity index (χ1v) is 6.38. The van der Waals surface area contributed by atoms with E-state index in [1.54, 1.807) is 38.2 Å². The Bertz CT molecular complexity index is 775. The van der Waals surface area contributed by atoms with Gasteiger partial charge in [-0.25, -0.2) is 0 Å². The van der Waals surface area contributed by atoms with Crippen LogP contribution in [-0.4, -0.2) is 27.4 Å². The molecule has 0 N–H and O–H groups in total. The topological polar surface area (TPSA) is 105 Å². The number of nitrogens with zero attached hydrogens (tertiary/aromatic N) is 5. The number of aromatic nitrogens is 2. The summed E-state index contributed by atoms with van der Waals surface area (Å²) in [5.41, 5.74) is 0.869. The number of amides is 1. The van der Waals surface area contributed by atoms with Crippen LogP contribution in [0.2, 0.25) is 0 Å². The molecule has 1 aromatic carbocycles. The van der Waals surface area contributed by atoms with Gasteiger partial charge in [-0.15, -0.1) is 0 Å². The summed E-state index contributed by atoms with van der Waals surface area (Å²) in [6.45, 7) is 1.49. The standard InChI is InChI=1S/C14H13N5O3/c1-10-16-13(19(21)22)8-18(10)9-14(20)17(2)12-6-4-3-5-11(12)7-15/h3-6,8H,9H2,1-2H3. The molecule has 8 nitrogen and oxygen atoms in total. The minimum atomic E-state index is -0.608. The van der Waals surface area contributed by atoms with Crippen LogP contribution in [0, 0.1) is 28.4 Å². The number of hydrogen-bond donors (Lipinski definition) is 0. The summed E-state index contributed by atoms with van der Waals surface area (Å²) < 4.78 is 1.41. The maximum atomic E-state index is 12.3. The summed E-state index contributed by atoms with van der Waals surface area (Å²) >= 11 is 0. The molecule has 0 fully saturated rings. The van der Waals surface area contributed by atoms with Crippen molar-refractivity contribution in [1.29, 1.82) is 5.26 Å². The lowest BCUT2D eigenvalue weighted by atomic mass is 10.2. The largest absolute Gasteiger partial charge is 0.381 e. The highest BCUT2D eigenvalue weighted by molar-refractivity contribution is 5.94. The lowest BCUT2D eigenvalue weighted by molar-refractivity contribution is -0.389. The fourth-order valence-corrected chi connectivity index (χ4v) is 1.99. The molecular formula is C14H13N5O3. The molecule has 0 radical (unpaired) electrons. The number of anilines is 1. The molecule has 0 aliphatic rings. The molecule has 0 aliphatic carbocycles. The second-order valence-electron chi connectivity index (χ2n) is 4.61. The molecule has 0 bridgehead atoms. The molecule has 0 saturated carbocycles. The first kappa shape index (κ1) is 15.2. The number of aryl methyl sites for hydroxylation is 1. The molecule has 0 spiro atoms. The highest BCUT2D eigenvalue weighted by atomic mass is 16.6. The van der Waals surface area contributed by atoms with E-state index >= 15 is 0 Å². The summed E-state index contributed by atoms with van der Waals surface area (Å²) in [6.07, 6.45) is 1.22.